The number of likely N-dealkylation sites (N-methyl/N-ethyl adjacent to an activating group) is 1. The number of halogens is 1. The van der Waals surface area contributed by atoms with Gasteiger partial charge in [-0.05, 0) is 25.1 Å². The standard InChI is InChI=1S/C11H18ClN3OS/c1-7(2)10(11(16)14-13)15(3)6-8-4-5-9(12)17-8/h4-5,7,10H,6,13H2,1-3H3,(H,14,16). The number of thiophene rings is 1. The van der Waals surface area contributed by atoms with Gasteiger partial charge in [-0.3, -0.25) is 15.1 Å². The van der Waals surface area contributed by atoms with Crippen molar-refractivity contribution in [2.45, 2.75) is 26.4 Å². The van der Waals surface area contributed by atoms with Gasteiger partial charge in [0.1, 0.15) is 0 Å². The van der Waals surface area contributed by atoms with Crippen molar-refractivity contribution >= 4 is 28.8 Å². The van der Waals surface area contributed by atoms with Crippen LogP contribution in [-0.4, -0.2) is 23.9 Å². The number of nitrogens with two attached hydrogens (primary N) is 1. The van der Waals surface area contributed by atoms with E-state index >= 15 is 0 Å². The number of nitrogens with zero attached hydrogens (tertiary/aromatic N) is 1. The van der Waals surface area contributed by atoms with Crippen LogP contribution in [0.5, 0.6) is 0 Å². The monoisotopic (exact) mass is 275 g/mol. The fourth-order valence-electron chi connectivity index (χ4n) is 1.88. The van der Waals surface area contributed by atoms with E-state index in [9.17, 15) is 4.79 Å². The topological polar surface area (TPSA) is 58.4 Å². The molecule has 1 rings (SSSR count). The van der Waals surface area contributed by atoms with E-state index in [4.69, 9.17) is 17.4 Å². The SMILES string of the molecule is CC(C)C(C(=O)NN)N(C)Cc1ccc(Cl)s1. The number of amides is 1. The molecule has 1 aromatic heterocycles. The van der Waals surface area contributed by atoms with Crippen LogP contribution in [0.1, 0.15) is 18.7 Å². The lowest BCUT2D eigenvalue weighted by Crippen LogP contribution is -2.49. The van der Waals surface area contributed by atoms with E-state index in [1.807, 2.05) is 37.9 Å². The first-order chi connectivity index (χ1) is 7.95. The number of hydrazine groups is 1. The largest absolute Gasteiger partial charge is 0.293 e. The Kier molecular flexibility index (Phi) is 5.39. The molecule has 0 radical (unpaired) electrons. The van der Waals surface area contributed by atoms with Crippen LogP contribution in [0.15, 0.2) is 12.1 Å². The number of hydrogen-bond donors (Lipinski definition) is 2. The van der Waals surface area contributed by atoms with Crippen molar-refractivity contribution in [2.24, 2.45) is 11.8 Å². The van der Waals surface area contributed by atoms with Gasteiger partial charge in [-0.1, -0.05) is 25.4 Å². The first-order valence-corrected chi connectivity index (χ1v) is 6.60. The molecule has 6 heteroatoms. The van der Waals surface area contributed by atoms with Crippen molar-refractivity contribution in [1.29, 1.82) is 0 Å². The molecule has 0 fully saturated rings. The van der Waals surface area contributed by atoms with Crippen molar-refractivity contribution in [1.82, 2.24) is 10.3 Å². The number of nitrogens with one attached hydrogen (secondary N) is 1. The molecular formula is C11H18ClN3OS. The van der Waals surface area contributed by atoms with Crippen LogP contribution in [0.3, 0.4) is 0 Å². The summed E-state index contributed by atoms with van der Waals surface area (Å²) in [5.74, 6) is 5.23. The predicted octanol–water partition coefficient (Wildman–Crippen LogP) is 1.85. The lowest BCUT2D eigenvalue weighted by atomic mass is 10.0. The van der Waals surface area contributed by atoms with E-state index in [2.05, 4.69) is 5.43 Å². The molecule has 1 unspecified atom stereocenters. The molecule has 0 saturated heterocycles. The van der Waals surface area contributed by atoms with Gasteiger partial charge in [0.05, 0.1) is 10.4 Å². The molecule has 17 heavy (non-hydrogen) atoms. The van der Waals surface area contributed by atoms with Crippen LogP contribution in [-0.2, 0) is 11.3 Å². The quantitative estimate of drug-likeness (QED) is 0.490. The van der Waals surface area contributed by atoms with Crippen molar-refractivity contribution in [2.75, 3.05) is 7.05 Å². The Bertz CT molecular complexity index is 381. The third-order valence-electron chi connectivity index (χ3n) is 2.55. The highest BCUT2D eigenvalue weighted by Crippen LogP contribution is 2.23. The summed E-state index contributed by atoms with van der Waals surface area (Å²) < 4.78 is 0.762. The molecule has 3 N–H and O–H groups in total. The lowest BCUT2D eigenvalue weighted by molar-refractivity contribution is -0.127. The molecule has 0 aliphatic heterocycles. The average molecular weight is 276 g/mol. The van der Waals surface area contributed by atoms with Crippen LogP contribution >= 0.6 is 22.9 Å². The second-order valence-corrected chi connectivity index (χ2v) is 6.12. The summed E-state index contributed by atoms with van der Waals surface area (Å²) in [5, 5.41) is 0. The third kappa shape index (κ3) is 3.96. The second kappa shape index (κ2) is 6.35. The molecule has 96 valence electrons. The maximum atomic E-state index is 11.7. The second-order valence-electron chi connectivity index (χ2n) is 4.32. The molecule has 0 aromatic carbocycles. The Balaban J connectivity index is 2.71. The predicted molar refractivity (Wildman–Crippen MR) is 71.8 cm³/mol. The summed E-state index contributed by atoms with van der Waals surface area (Å²) in [4.78, 5) is 14.8. The van der Waals surface area contributed by atoms with Gasteiger partial charge in [0.15, 0.2) is 0 Å². The highest BCUT2D eigenvalue weighted by molar-refractivity contribution is 7.16. The molecule has 4 nitrogen and oxygen atoms in total. The summed E-state index contributed by atoms with van der Waals surface area (Å²) in [6.45, 7) is 4.68. The summed E-state index contributed by atoms with van der Waals surface area (Å²) in [7, 11) is 1.91. The maximum absolute atomic E-state index is 11.7. The maximum Gasteiger partial charge on any atom is 0.251 e. The Morgan fingerprint density at radius 1 is 1.59 bits per heavy atom. The van der Waals surface area contributed by atoms with E-state index in [0.29, 0.717) is 6.54 Å². The van der Waals surface area contributed by atoms with Crippen LogP contribution in [0.4, 0.5) is 0 Å². The molecule has 1 aromatic rings. The van der Waals surface area contributed by atoms with Gasteiger partial charge in [0.2, 0.25) is 0 Å². The first kappa shape index (κ1) is 14.4. The number of hydrogen-bond acceptors (Lipinski definition) is 4. The fourth-order valence-corrected chi connectivity index (χ4v) is 3.03. The first-order valence-electron chi connectivity index (χ1n) is 5.40. The van der Waals surface area contributed by atoms with Crippen LogP contribution in [0, 0.1) is 5.92 Å². The minimum Gasteiger partial charge on any atom is -0.293 e. The molecule has 0 bridgehead atoms. The van der Waals surface area contributed by atoms with Gasteiger partial charge in [-0.25, -0.2) is 5.84 Å². The van der Waals surface area contributed by atoms with Crippen molar-refractivity contribution in [3.63, 3.8) is 0 Å². The van der Waals surface area contributed by atoms with Crippen LogP contribution in [0.2, 0.25) is 4.34 Å². The molecule has 0 spiro atoms. The van der Waals surface area contributed by atoms with Crippen LogP contribution < -0.4 is 11.3 Å². The van der Waals surface area contributed by atoms with Gasteiger partial charge in [0.25, 0.3) is 5.91 Å². The Morgan fingerprint density at radius 2 is 2.24 bits per heavy atom. The molecule has 0 aliphatic rings. The average Bonchev–Trinajstić information content (AvgIpc) is 2.63. The molecule has 1 atom stereocenters. The van der Waals surface area contributed by atoms with E-state index in [0.717, 1.165) is 9.21 Å². The number of carbonyl (C=O) groups excluding carboxylic acids is 1. The molecule has 0 saturated carbocycles. The Morgan fingerprint density at radius 3 is 2.65 bits per heavy atom. The van der Waals surface area contributed by atoms with Gasteiger partial charge in [-0.2, -0.15) is 0 Å². The molecule has 1 heterocycles. The Hall–Kier alpha value is -0.620. The zero-order valence-electron chi connectivity index (χ0n) is 10.2. The summed E-state index contributed by atoms with van der Waals surface area (Å²) in [6, 6.07) is 3.60. The normalized spacial score (nSPS) is 13.1. The van der Waals surface area contributed by atoms with Gasteiger partial charge in [-0.15, -0.1) is 11.3 Å². The van der Waals surface area contributed by atoms with Crippen molar-refractivity contribution in [3.8, 4) is 0 Å². The zero-order valence-corrected chi connectivity index (χ0v) is 11.8. The zero-order chi connectivity index (χ0) is 13.0. The summed E-state index contributed by atoms with van der Waals surface area (Å²) in [5.41, 5.74) is 2.22. The van der Waals surface area contributed by atoms with Gasteiger partial charge < -0.3 is 0 Å². The minimum atomic E-state index is -0.235. The van der Waals surface area contributed by atoms with E-state index < -0.39 is 0 Å². The van der Waals surface area contributed by atoms with E-state index in [-0.39, 0.29) is 17.9 Å². The number of carbonyl (C=O) groups is 1. The lowest BCUT2D eigenvalue weighted by Gasteiger charge is -2.28. The summed E-state index contributed by atoms with van der Waals surface area (Å²) >= 11 is 7.40. The molecule has 0 aliphatic carbocycles. The third-order valence-corrected chi connectivity index (χ3v) is 3.77. The van der Waals surface area contributed by atoms with Gasteiger partial charge in [0, 0.05) is 11.4 Å². The minimum absolute atomic E-state index is 0.162. The highest BCUT2D eigenvalue weighted by Gasteiger charge is 2.26. The van der Waals surface area contributed by atoms with Gasteiger partial charge >= 0.3 is 0 Å². The van der Waals surface area contributed by atoms with E-state index in [1.165, 1.54) is 11.3 Å². The van der Waals surface area contributed by atoms with E-state index in [1.54, 1.807) is 0 Å². The molecule has 1 amide bonds. The summed E-state index contributed by atoms with van der Waals surface area (Å²) in [6.07, 6.45) is 0. The van der Waals surface area contributed by atoms with Crippen LogP contribution in [0.25, 0.3) is 0 Å². The molecular weight excluding hydrogens is 258 g/mol. The smallest absolute Gasteiger partial charge is 0.251 e. The Labute approximate surface area is 111 Å². The fraction of sp³-hybridized carbons (Fsp3) is 0.545. The highest BCUT2D eigenvalue weighted by atomic mass is 35.5. The van der Waals surface area contributed by atoms with Crippen molar-refractivity contribution < 1.29 is 4.79 Å². The number of rotatable bonds is 5. The van der Waals surface area contributed by atoms with Crippen molar-refractivity contribution in [3.05, 3.63) is 21.3 Å².